The predicted octanol–water partition coefficient (Wildman–Crippen LogP) is 6.29. The smallest absolute Gasteiger partial charge is 0.121 e. The van der Waals surface area contributed by atoms with Crippen LogP contribution in [0.3, 0.4) is 0 Å². The number of hydrogen-bond acceptors (Lipinski definition) is 4. The van der Waals surface area contributed by atoms with Gasteiger partial charge in [0.05, 0.1) is 29.3 Å². The second-order valence-electron chi connectivity index (χ2n) is 11.0. The first-order valence-corrected chi connectivity index (χ1v) is 13.8. The van der Waals surface area contributed by atoms with Crippen molar-refractivity contribution in [2.75, 3.05) is 6.54 Å². The van der Waals surface area contributed by atoms with Crippen LogP contribution in [0.25, 0.3) is 11.0 Å². The maximum absolute atomic E-state index is 6.67. The van der Waals surface area contributed by atoms with Crippen LogP contribution >= 0.6 is 0 Å². The summed E-state index contributed by atoms with van der Waals surface area (Å²) in [5, 5.41) is 0. The number of nitrogens with zero attached hydrogens (tertiary/aromatic N) is 3. The van der Waals surface area contributed by atoms with Crippen LogP contribution in [-0.2, 0) is 13.0 Å². The largest absolute Gasteiger partial charge is 0.341 e. The summed E-state index contributed by atoms with van der Waals surface area (Å²) in [6, 6.07) is 20.3. The number of aromatic amines is 1. The Morgan fingerprint density at radius 1 is 0.972 bits per heavy atom. The first-order valence-electron chi connectivity index (χ1n) is 13.8. The van der Waals surface area contributed by atoms with E-state index < -0.39 is 0 Å². The van der Waals surface area contributed by atoms with Crippen LogP contribution in [-0.4, -0.2) is 26.4 Å². The lowest BCUT2D eigenvalue weighted by molar-refractivity contribution is 0.107. The van der Waals surface area contributed by atoms with Gasteiger partial charge in [-0.25, -0.2) is 4.98 Å². The van der Waals surface area contributed by atoms with Gasteiger partial charge in [0.1, 0.15) is 5.82 Å². The Kier molecular flexibility index (Phi) is 5.63. The van der Waals surface area contributed by atoms with Gasteiger partial charge in [0, 0.05) is 18.8 Å². The van der Waals surface area contributed by atoms with E-state index in [1.54, 1.807) is 5.56 Å². The van der Waals surface area contributed by atoms with Crippen molar-refractivity contribution in [2.45, 2.75) is 75.4 Å². The van der Waals surface area contributed by atoms with Gasteiger partial charge in [-0.3, -0.25) is 9.88 Å². The van der Waals surface area contributed by atoms with Crippen LogP contribution in [0.2, 0.25) is 0 Å². The lowest BCUT2D eigenvalue weighted by atomic mass is 9.87. The molecule has 0 spiro atoms. The van der Waals surface area contributed by atoms with E-state index >= 15 is 0 Å². The van der Waals surface area contributed by atoms with Gasteiger partial charge in [0.2, 0.25) is 0 Å². The van der Waals surface area contributed by atoms with E-state index in [1.165, 1.54) is 54.5 Å². The van der Waals surface area contributed by atoms with Gasteiger partial charge in [-0.1, -0.05) is 36.4 Å². The molecule has 36 heavy (non-hydrogen) atoms. The van der Waals surface area contributed by atoms with Crippen LogP contribution in [0.5, 0.6) is 0 Å². The van der Waals surface area contributed by atoms with E-state index in [0.717, 1.165) is 42.2 Å². The fourth-order valence-electron chi connectivity index (χ4n) is 6.35. The lowest BCUT2D eigenvalue weighted by Crippen LogP contribution is -2.39. The fraction of sp³-hybridized carbons (Fsp3) is 0.419. The average Bonchev–Trinajstić information content (AvgIpc) is 3.85. The molecule has 0 radical (unpaired) electrons. The minimum Gasteiger partial charge on any atom is -0.341 e. The number of aryl methyl sites for hydroxylation is 1. The molecule has 2 aromatic heterocycles. The molecule has 2 unspecified atom stereocenters. The number of nitrogens with one attached hydrogen (secondary N) is 1. The molecule has 0 aliphatic heterocycles. The second kappa shape index (κ2) is 9.13. The number of pyridine rings is 1. The van der Waals surface area contributed by atoms with Crippen LogP contribution in [0.15, 0.2) is 60.8 Å². The SMILES string of the molecule is NCC(c1ccc(C2CC2)cc1C1CC1)N(Cc1nc2ccccc2[nH]1)C1CCCc2cccnc21. The molecule has 0 saturated heterocycles. The van der Waals surface area contributed by atoms with Gasteiger partial charge in [0.15, 0.2) is 0 Å². The molecule has 0 bridgehead atoms. The number of benzene rings is 2. The van der Waals surface area contributed by atoms with E-state index in [9.17, 15) is 0 Å². The molecule has 3 aliphatic carbocycles. The van der Waals surface area contributed by atoms with Gasteiger partial charge < -0.3 is 10.7 Å². The Hall–Kier alpha value is -3.02. The zero-order valence-corrected chi connectivity index (χ0v) is 20.9. The van der Waals surface area contributed by atoms with E-state index in [-0.39, 0.29) is 12.1 Å². The maximum Gasteiger partial charge on any atom is 0.121 e. The van der Waals surface area contributed by atoms with Crippen LogP contribution in [0.4, 0.5) is 0 Å². The van der Waals surface area contributed by atoms with Crippen molar-refractivity contribution in [1.29, 1.82) is 0 Å². The van der Waals surface area contributed by atoms with Gasteiger partial charge in [-0.2, -0.15) is 0 Å². The van der Waals surface area contributed by atoms with Crippen molar-refractivity contribution in [2.24, 2.45) is 5.73 Å². The summed E-state index contributed by atoms with van der Waals surface area (Å²) in [4.78, 5) is 16.1. The Labute approximate surface area is 213 Å². The number of aromatic nitrogens is 3. The van der Waals surface area contributed by atoms with E-state index in [1.807, 2.05) is 6.20 Å². The molecular weight excluding hydrogens is 442 g/mol. The average molecular weight is 478 g/mol. The Balaban J connectivity index is 1.32. The summed E-state index contributed by atoms with van der Waals surface area (Å²) in [5.74, 6) is 2.46. The van der Waals surface area contributed by atoms with Gasteiger partial charge >= 0.3 is 0 Å². The second-order valence-corrected chi connectivity index (χ2v) is 11.0. The summed E-state index contributed by atoms with van der Waals surface area (Å²) in [6.45, 7) is 1.31. The minimum atomic E-state index is 0.125. The highest BCUT2D eigenvalue weighted by Crippen LogP contribution is 2.48. The molecule has 184 valence electrons. The number of nitrogens with two attached hydrogens (primary N) is 1. The molecule has 2 aromatic carbocycles. The zero-order valence-electron chi connectivity index (χ0n) is 20.9. The lowest BCUT2D eigenvalue weighted by Gasteiger charge is -2.40. The van der Waals surface area contributed by atoms with Gasteiger partial charge in [-0.05, 0) is 97.2 Å². The van der Waals surface area contributed by atoms with Crippen LogP contribution in [0.1, 0.15) is 96.2 Å². The molecule has 2 atom stereocenters. The molecule has 3 aliphatic rings. The third-order valence-electron chi connectivity index (χ3n) is 8.50. The van der Waals surface area contributed by atoms with E-state index in [4.69, 9.17) is 15.7 Å². The van der Waals surface area contributed by atoms with Crippen molar-refractivity contribution >= 4 is 11.0 Å². The number of hydrogen-bond donors (Lipinski definition) is 2. The van der Waals surface area contributed by atoms with Crippen LogP contribution in [0, 0.1) is 0 Å². The standard InChI is InChI=1S/C31H35N5/c32-18-29(24-15-14-23(20-10-11-20)17-25(24)21-12-13-21)36(19-30-34-26-7-1-2-8-27(26)35-30)28-9-3-5-22-6-4-16-33-31(22)28/h1-2,4,6-8,14-17,20-21,28-29H,3,5,9-13,18-19,32H2,(H,34,35). The fourth-order valence-corrected chi connectivity index (χ4v) is 6.35. The maximum atomic E-state index is 6.67. The molecule has 5 nitrogen and oxygen atoms in total. The van der Waals surface area contributed by atoms with E-state index in [0.29, 0.717) is 12.5 Å². The normalized spacial score (nSPS) is 20.6. The molecule has 2 fully saturated rings. The summed E-state index contributed by atoms with van der Waals surface area (Å²) >= 11 is 0. The summed E-state index contributed by atoms with van der Waals surface area (Å²) in [5.41, 5.74) is 15.9. The van der Waals surface area contributed by atoms with Crippen molar-refractivity contribution in [3.8, 4) is 0 Å². The van der Waals surface area contributed by atoms with Crippen molar-refractivity contribution in [1.82, 2.24) is 19.9 Å². The molecule has 2 heterocycles. The Morgan fingerprint density at radius 2 is 1.83 bits per heavy atom. The third kappa shape index (κ3) is 4.14. The monoisotopic (exact) mass is 477 g/mol. The molecule has 3 N–H and O–H groups in total. The molecular formula is C31H35N5. The first kappa shape index (κ1) is 22.2. The Bertz CT molecular complexity index is 1350. The molecule has 5 heteroatoms. The summed E-state index contributed by atoms with van der Waals surface area (Å²) in [7, 11) is 0. The van der Waals surface area contributed by atoms with Crippen molar-refractivity contribution in [3.05, 3.63) is 94.6 Å². The molecule has 0 amide bonds. The number of fused-ring (bicyclic) bond motifs is 2. The quantitative estimate of drug-likeness (QED) is 0.313. The third-order valence-corrected chi connectivity index (χ3v) is 8.50. The molecule has 2 saturated carbocycles. The van der Waals surface area contributed by atoms with E-state index in [2.05, 4.69) is 64.5 Å². The Morgan fingerprint density at radius 3 is 2.64 bits per heavy atom. The number of imidazole rings is 1. The summed E-state index contributed by atoms with van der Waals surface area (Å²) in [6.07, 6.45) is 10.6. The number of H-pyrrole nitrogens is 1. The number of rotatable bonds is 8. The van der Waals surface area contributed by atoms with Gasteiger partial charge in [-0.15, -0.1) is 0 Å². The minimum absolute atomic E-state index is 0.125. The topological polar surface area (TPSA) is 70.8 Å². The highest BCUT2D eigenvalue weighted by atomic mass is 15.2. The highest BCUT2D eigenvalue weighted by Gasteiger charge is 2.37. The van der Waals surface area contributed by atoms with Gasteiger partial charge in [0.25, 0.3) is 0 Å². The molecule has 7 rings (SSSR count). The van der Waals surface area contributed by atoms with Crippen LogP contribution < -0.4 is 5.73 Å². The highest BCUT2D eigenvalue weighted by molar-refractivity contribution is 5.74. The first-order chi connectivity index (χ1) is 17.8. The zero-order chi connectivity index (χ0) is 24.1. The number of para-hydroxylation sites is 2. The summed E-state index contributed by atoms with van der Waals surface area (Å²) < 4.78 is 0. The predicted molar refractivity (Wildman–Crippen MR) is 144 cm³/mol. The van der Waals surface area contributed by atoms with Crippen molar-refractivity contribution in [3.63, 3.8) is 0 Å². The van der Waals surface area contributed by atoms with Crippen molar-refractivity contribution < 1.29 is 0 Å². The molecule has 4 aromatic rings.